The van der Waals surface area contributed by atoms with E-state index in [4.69, 9.17) is 33.2 Å². The van der Waals surface area contributed by atoms with Crippen LogP contribution in [0, 0.1) is 5.92 Å². The summed E-state index contributed by atoms with van der Waals surface area (Å²) in [7, 11) is 3.36. The van der Waals surface area contributed by atoms with Crippen LogP contribution in [0.25, 0.3) is 0 Å². The van der Waals surface area contributed by atoms with Crippen LogP contribution in [0.4, 0.5) is 10.5 Å². The van der Waals surface area contributed by atoms with Gasteiger partial charge in [-0.25, -0.2) is 4.79 Å². The van der Waals surface area contributed by atoms with Crippen molar-refractivity contribution in [2.75, 3.05) is 58.6 Å². The van der Waals surface area contributed by atoms with E-state index in [0.717, 1.165) is 38.9 Å². The summed E-state index contributed by atoms with van der Waals surface area (Å²) in [6, 6.07) is 54.4. The summed E-state index contributed by atoms with van der Waals surface area (Å²) in [5.74, 6) is 0.381. The maximum atomic E-state index is 14.6. The number of methoxy groups -OCH3 is 2. The van der Waals surface area contributed by atoms with Crippen LogP contribution in [0.2, 0.25) is 0 Å². The number of carbonyl (C=O) groups is 2. The molecule has 2 aliphatic rings. The second-order valence-corrected chi connectivity index (χ2v) is 18.0. The molecule has 1 fully saturated rings. The Kier molecular flexibility index (Phi) is 16.9. The average molecular weight is 933 g/mol. The zero-order valence-electron chi connectivity index (χ0n) is 40.1. The van der Waals surface area contributed by atoms with Crippen molar-refractivity contribution in [2.45, 2.75) is 69.9 Å². The number of piperidine rings is 1. The van der Waals surface area contributed by atoms with Gasteiger partial charge in [0.1, 0.15) is 18.0 Å². The predicted molar refractivity (Wildman–Crippen MR) is 266 cm³/mol. The maximum Gasteiger partial charge on any atom is 0.410 e. The molecular weight excluding hydrogens is 869 g/mol. The van der Waals surface area contributed by atoms with E-state index in [0.29, 0.717) is 50.8 Å². The Hall–Kier alpha value is -6.34. The first kappa shape index (κ1) is 49.1. The molecule has 8 rings (SSSR count). The molecule has 1 saturated heterocycles. The Morgan fingerprint density at radius 1 is 0.710 bits per heavy atom. The van der Waals surface area contributed by atoms with Gasteiger partial charge < -0.3 is 43.0 Å². The average Bonchev–Trinajstić information content (AvgIpc) is 3.39. The van der Waals surface area contributed by atoms with E-state index in [-0.39, 0.29) is 38.2 Å². The fraction of sp³-hybridized carbons (Fsp3) is 0.345. The minimum absolute atomic E-state index is 0.0248. The van der Waals surface area contributed by atoms with Gasteiger partial charge in [0.2, 0.25) is 0 Å². The number of nitrogens with zero attached hydrogens (tertiary/aromatic N) is 2. The Balaban J connectivity index is 1.22. The molecular formula is C58H64N2O9. The highest BCUT2D eigenvalue weighted by atomic mass is 16.6. The summed E-state index contributed by atoms with van der Waals surface area (Å²) in [5, 5.41) is 0. The molecule has 6 aromatic carbocycles. The monoisotopic (exact) mass is 932 g/mol. The lowest BCUT2D eigenvalue weighted by molar-refractivity contribution is -0.144. The smallest absolute Gasteiger partial charge is 0.410 e. The van der Waals surface area contributed by atoms with E-state index in [1.807, 2.05) is 110 Å². The first-order valence-corrected chi connectivity index (χ1v) is 23.9. The molecule has 11 heteroatoms. The third-order valence-corrected chi connectivity index (χ3v) is 13.0. The van der Waals surface area contributed by atoms with Crippen LogP contribution in [-0.4, -0.2) is 88.9 Å². The zero-order valence-corrected chi connectivity index (χ0v) is 40.1. The third kappa shape index (κ3) is 11.8. The van der Waals surface area contributed by atoms with E-state index in [1.54, 1.807) is 24.0 Å². The topological polar surface area (TPSA) is 105 Å². The molecule has 0 bridgehead atoms. The quantitative estimate of drug-likeness (QED) is 0.0515. The van der Waals surface area contributed by atoms with E-state index in [9.17, 15) is 9.59 Å². The zero-order chi connectivity index (χ0) is 48.0. The molecule has 2 heterocycles. The molecule has 6 aromatic rings. The minimum atomic E-state index is -1.12. The van der Waals surface area contributed by atoms with Gasteiger partial charge in [-0.3, -0.25) is 4.79 Å². The first-order valence-electron chi connectivity index (χ1n) is 23.9. The number of rotatable bonds is 21. The van der Waals surface area contributed by atoms with Gasteiger partial charge in [0.05, 0.1) is 56.9 Å². The largest absolute Gasteiger partial charge is 0.482 e. The summed E-state index contributed by atoms with van der Waals surface area (Å²) < 4.78 is 43.9. The number of hydrogen-bond donors (Lipinski definition) is 0. The van der Waals surface area contributed by atoms with Gasteiger partial charge in [-0.2, -0.15) is 0 Å². The highest BCUT2D eigenvalue weighted by molar-refractivity contribution is 5.97. The van der Waals surface area contributed by atoms with E-state index >= 15 is 0 Å². The molecule has 0 radical (unpaired) electrons. The van der Waals surface area contributed by atoms with Crippen LogP contribution in [-0.2, 0) is 58.6 Å². The highest BCUT2D eigenvalue weighted by Crippen LogP contribution is 2.47. The molecule has 0 aromatic heterocycles. The van der Waals surface area contributed by atoms with Crippen molar-refractivity contribution >= 4 is 17.7 Å². The second-order valence-electron chi connectivity index (χ2n) is 18.0. The molecule has 11 nitrogen and oxygen atoms in total. The molecule has 1 unspecified atom stereocenters. The van der Waals surface area contributed by atoms with Gasteiger partial charge in [-0.15, -0.1) is 0 Å². The Bertz CT molecular complexity index is 2430. The third-order valence-electron chi connectivity index (χ3n) is 13.0. The fourth-order valence-corrected chi connectivity index (χ4v) is 9.60. The lowest BCUT2D eigenvalue weighted by Gasteiger charge is -2.50. The minimum Gasteiger partial charge on any atom is -0.482 e. The van der Waals surface area contributed by atoms with Crippen molar-refractivity contribution < 1.29 is 42.7 Å². The van der Waals surface area contributed by atoms with Crippen LogP contribution in [0.1, 0.15) is 65.1 Å². The molecule has 360 valence electrons. The number of amides is 2. The Morgan fingerprint density at radius 3 is 1.91 bits per heavy atom. The second kappa shape index (κ2) is 23.8. The van der Waals surface area contributed by atoms with E-state index in [2.05, 4.69) is 67.6 Å². The van der Waals surface area contributed by atoms with Crippen molar-refractivity contribution in [3.05, 3.63) is 203 Å². The number of hydrogen-bond acceptors (Lipinski definition) is 9. The van der Waals surface area contributed by atoms with Crippen molar-refractivity contribution in [3.63, 3.8) is 0 Å². The van der Waals surface area contributed by atoms with Crippen LogP contribution in [0.15, 0.2) is 164 Å². The van der Waals surface area contributed by atoms with Gasteiger partial charge in [0.15, 0.2) is 6.61 Å². The van der Waals surface area contributed by atoms with Crippen molar-refractivity contribution in [1.82, 2.24) is 4.90 Å². The number of anilines is 1. The van der Waals surface area contributed by atoms with Gasteiger partial charge in [-0.05, 0) is 64.4 Å². The SMILES string of the molecule is COCCCN1C(=O)COc2ccc(CO[C@H]3C(C)N(C(=O)OCc4ccccc4)C[C@@H](OC(c4ccccc4)(c4ccccc4)c4ccccc4)[C@H]3c3ccc(COC[C@@H](C)COC)cc3)cc21. The van der Waals surface area contributed by atoms with Crippen molar-refractivity contribution in [2.24, 2.45) is 5.92 Å². The van der Waals surface area contributed by atoms with Crippen LogP contribution in [0.5, 0.6) is 5.75 Å². The Labute approximate surface area is 406 Å². The first-order chi connectivity index (χ1) is 33.8. The number of ether oxygens (including phenoxy) is 7. The highest BCUT2D eigenvalue weighted by Gasteiger charge is 2.50. The molecule has 0 N–H and O–H groups in total. The summed E-state index contributed by atoms with van der Waals surface area (Å²) in [4.78, 5) is 31.4. The van der Waals surface area contributed by atoms with E-state index < -0.39 is 35.9 Å². The lowest BCUT2D eigenvalue weighted by atomic mass is 9.77. The number of fused-ring (bicyclic) bond motifs is 1. The molecule has 5 atom stereocenters. The molecule has 0 spiro atoms. The summed E-state index contributed by atoms with van der Waals surface area (Å²) in [5.41, 5.74) is 6.12. The summed E-state index contributed by atoms with van der Waals surface area (Å²) >= 11 is 0. The van der Waals surface area contributed by atoms with Gasteiger partial charge in [0.25, 0.3) is 5.91 Å². The van der Waals surface area contributed by atoms with Crippen molar-refractivity contribution in [1.29, 1.82) is 0 Å². The predicted octanol–water partition coefficient (Wildman–Crippen LogP) is 10.3. The van der Waals surface area contributed by atoms with Gasteiger partial charge >= 0.3 is 6.09 Å². The molecule has 69 heavy (non-hydrogen) atoms. The maximum absolute atomic E-state index is 14.6. The summed E-state index contributed by atoms with van der Waals surface area (Å²) in [6.07, 6.45) is -1.06. The molecule has 2 aliphatic heterocycles. The molecule has 2 amide bonds. The number of benzene rings is 6. The summed E-state index contributed by atoms with van der Waals surface area (Å²) in [6.45, 7) is 7.25. The molecule has 0 saturated carbocycles. The van der Waals surface area contributed by atoms with Crippen molar-refractivity contribution in [3.8, 4) is 5.75 Å². The number of likely N-dealkylation sites (tertiary alicyclic amines) is 1. The lowest BCUT2D eigenvalue weighted by Crippen LogP contribution is -2.60. The van der Waals surface area contributed by atoms with Crippen LogP contribution in [0.3, 0.4) is 0 Å². The van der Waals surface area contributed by atoms with Crippen LogP contribution >= 0.6 is 0 Å². The van der Waals surface area contributed by atoms with Gasteiger partial charge in [0, 0.05) is 39.2 Å². The number of carbonyl (C=O) groups excluding carboxylic acids is 2. The fourth-order valence-electron chi connectivity index (χ4n) is 9.60. The van der Waals surface area contributed by atoms with Crippen LogP contribution < -0.4 is 9.64 Å². The van der Waals surface area contributed by atoms with E-state index in [1.165, 1.54) is 0 Å². The normalized spacial score (nSPS) is 18.6. The van der Waals surface area contributed by atoms with Gasteiger partial charge in [-0.1, -0.05) is 159 Å². The molecule has 0 aliphatic carbocycles. The standard InChI is InChI=1S/C58H64N2O9/c1-42(36-64-4)37-65-38-45-26-29-47(30-27-45)55-53(69-58(48-20-11-6-12-21-48,49-22-13-7-14-23-49)50-24-15-8-16-25-50)35-60(57(62)68-39-44-18-9-5-10-19-44)43(2)56(55)67-40-46-28-31-52-51(34-46)59(32-17-33-63-3)54(61)41-66-52/h5-16,18-31,34,42-43,53,55-56H,17,32-33,35-41H2,1-4H3/t42-,43?,53+,55+,56-/m0/s1. The Morgan fingerprint density at radius 2 is 1.30 bits per heavy atom.